The summed E-state index contributed by atoms with van der Waals surface area (Å²) in [5.41, 5.74) is 0.876. The fraction of sp³-hybridized carbons (Fsp3) is 0.429. The van der Waals surface area contributed by atoms with E-state index in [0.717, 1.165) is 18.1 Å². The molecule has 0 aliphatic carbocycles. The average Bonchev–Trinajstić information content (AvgIpc) is 1.85. The fourth-order valence-corrected chi connectivity index (χ4v) is 1.03. The van der Waals surface area contributed by atoms with Crippen LogP contribution in [0.5, 0.6) is 0 Å². The normalized spacial score (nSPS) is 9.73. The Morgan fingerprint density at radius 2 is 2.27 bits per heavy atom. The summed E-state index contributed by atoms with van der Waals surface area (Å²) in [7, 11) is 0. The van der Waals surface area contributed by atoms with E-state index in [2.05, 4.69) is 15.3 Å². The molecule has 60 valence electrons. The lowest BCUT2D eigenvalue weighted by atomic mass is 10.4. The lowest BCUT2D eigenvalue weighted by molar-refractivity contribution is 1.07. The average molecular weight is 172 g/mol. The minimum atomic E-state index is 0.293. The first-order valence-electron chi connectivity index (χ1n) is 3.47. The molecule has 0 bridgehead atoms. The summed E-state index contributed by atoms with van der Waals surface area (Å²) in [6.45, 7) is 4.73. The standard InChI is InChI=1S/C7H10ClN3/c1-3-9-6-4-5(2)10-7(8)11-6/h4H,3H2,1-2H3,(H,9,10,11). The summed E-state index contributed by atoms with van der Waals surface area (Å²) in [5.74, 6) is 0.782. The Morgan fingerprint density at radius 3 is 2.82 bits per heavy atom. The third-order valence-electron chi connectivity index (χ3n) is 1.18. The Labute approximate surface area is 70.8 Å². The third kappa shape index (κ3) is 2.35. The molecule has 1 aromatic heterocycles. The van der Waals surface area contributed by atoms with E-state index >= 15 is 0 Å². The zero-order chi connectivity index (χ0) is 8.27. The van der Waals surface area contributed by atoms with Gasteiger partial charge in [0.05, 0.1) is 0 Å². The van der Waals surface area contributed by atoms with Crippen molar-refractivity contribution in [3.63, 3.8) is 0 Å². The number of rotatable bonds is 2. The monoisotopic (exact) mass is 171 g/mol. The predicted molar refractivity (Wildman–Crippen MR) is 45.9 cm³/mol. The van der Waals surface area contributed by atoms with Gasteiger partial charge >= 0.3 is 0 Å². The molecule has 1 rings (SSSR count). The summed E-state index contributed by atoms with van der Waals surface area (Å²) in [6, 6.07) is 1.86. The summed E-state index contributed by atoms with van der Waals surface area (Å²) in [4.78, 5) is 7.90. The van der Waals surface area contributed by atoms with Gasteiger partial charge in [-0.25, -0.2) is 9.97 Å². The van der Waals surface area contributed by atoms with E-state index in [1.807, 2.05) is 19.9 Å². The lowest BCUT2D eigenvalue weighted by Crippen LogP contribution is -2.00. The van der Waals surface area contributed by atoms with Gasteiger partial charge in [-0.2, -0.15) is 0 Å². The second-order valence-electron chi connectivity index (χ2n) is 2.19. The molecule has 4 heteroatoms. The quantitative estimate of drug-likeness (QED) is 0.691. The molecule has 0 unspecified atom stereocenters. The number of nitrogens with one attached hydrogen (secondary N) is 1. The van der Waals surface area contributed by atoms with E-state index in [4.69, 9.17) is 11.6 Å². The van der Waals surface area contributed by atoms with Gasteiger partial charge < -0.3 is 5.32 Å². The molecule has 0 aromatic carbocycles. The summed E-state index contributed by atoms with van der Waals surface area (Å²) < 4.78 is 0. The first kappa shape index (κ1) is 8.27. The molecule has 0 spiro atoms. The lowest BCUT2D eigenvalue weighted by Gasteiger charge is -2.02. The van der Waals surface area contributed by atoms with Gasteiger partial charge in [0.15, 0.2) is 0 Å². The van der Waals surface area contributed by atoms with Crippen molar-refractivity contribution in [2.24, 2.45) is 0 Å². The minimum absolute atomic E-state index is 0.293. The van der Waals surface area contributed by atoms with Crippen molar-refractivity contribution < 1.29 is 0 Å². The van der Waals surface area contributed by atoms with Crippen LogP contribution in [0.4, 0.5) is 5.82 Å². The first-order chi connectivity index (χ1) is 5.22. The number of anilines is 1. The third-order valence-corrected chi connectivity index (χ3v) is 1.35. The van der Waals surface area contributed by atoms with E-state index in [1.54, 1.807) is 0 Å². The van der Waals surface area contributed by atoms with Crippen molar-refractivity contribution >= 4 is 17.4 Å². The van der Waals surface area contributed by atoms with Crippen LogP contribution < -0.4 is 5.32 Å². The van der Waals surface area contributed by atoms with Crippen molar-refractivity contribution in [1.29, 1.82) is 0 Å². The van der Waals surface area contributed by atoms with Gasteiger partial charge in [-0.05, 0) is 25.4 Å². The highest BCUT2D eigenvalue weighted by Crippen LogP contribution is 2.08. The molecule has 0 saturated carbocycles. The zero-order valence-corrected chi connectivity index (χ0v) is 7.31. The van der Waals surface area contributed by atoms with Crippen LogP contribution in [0.1, 0.15) is 12.6 Å². The van der Waals surface area contributed by atoms with Crippen molar-refractivity contribution in [2.45, 2.75) is 13.8 Å². The largest absolute Gasteiger partial charge is 0.370 e. The van der Waals surface area contributed by atoms with Crippen LogP contribution >= 0.6 is 11.6 Å². The van der Waals surface area contributed by atoms with Crippen molar-refractivity contribution in [1.82, 2.24) is 9.97 Å². The molecular formula is C7H10ClN3. The molecule has 0 aliphatic rings. The molecule has 1 N–H and O–H groups in total. The zero-order valence-electron chi connectivity index (χ0n) is 6.56. The molecule has 1 heterocycles. The predicted octanol–water partition coefficient (Wildman–Crippen LogP) is 1.87. The molecule has 3 nitrogen and oxygen atoms in total. The van der Waals surface area contributed by atoms with Gasteiger partial charge in [-0.1, -0.05) is 0 Å². The Balaban J connectivity index is 2.89. The maximum absolute atomic E-state index is 5.62. The molecule has 0 amide bonds. The molecular weight excluding hydrogens is 162 g/mol. The molecule has 0 atom stereocenters. The van der Waals surface area contributed by atoms with Crippen LogP contribution in [-0.2, 0) is 0 Å². The van der Waals surface area contributed by atoms with Gasteiger partial charge in [0, 0.05) is 18.3 Å². The second-order valence-corrected chi connectivity index (χ2v) is 2.53. The van der Waals surface area contributed by atoms with E-state index < -0.39 is 0 Å². The summed E-state index contributed by atoms with van der Waals surface area (Å²) in [6.07, 6.45) is 0. The van der Waals surface area contributed by atoms with Gasteiger partial charge in [0.1, 0.15) is 5.82 Å². The number of hydrogen-bond acceptors (Lipinski definition) is 3. The van der Waals surface area contributed by atoms with E-state index in [9.17, 15) is 0 Å². The van der Waals surface area contributed by atoms with Gasteiger partial charge in [0.2, 0.25) is 5.28 Å². The smallest absolute Gasteiger partial charge is 0.224 e. The Hall–Kier alpha value is -0.830. The van der Waals surface area contributed by atoms with Crippen LogP contribution in [-0.4, -0.2) is 16.5 Å². The van der Waals surface area contributed by atoms with E-state index in [-0.39, 0.29) is 0 Å². The Kier molecular flexibility index (Phi) is 2.65. The topological polar surface area (TPSA) is 37.8 Å². The number of hydrogen-bond donors (Lipinski definition) is 1. The number of nitrogens with zero attached hydrogens (tertiary/aromatic N) is 2. The highest BCUT2D eigenvalue weighted by atomic mass is 35.5. The van der Waals surface area contributed by atoms with Gasteiger partial charge in [-0.3, -0.25) is 0 Å². The molecule has 0 saturated heterocycles. The van der Waals surface area contributed by atoms with Gasteiger partial charge in [-0.15, -0.1) is 0 Å². The summed E-state index contributed by atoms with van der Waals surface area (Å²) in [5, 5.41) is 3.35. The molecule has 0 aliphatic heterocycles. The Morgan fingerprint density at radius 1 is 1.55 bits per heavy atom. The number of aromatic nitrogens is 2. The van der Waals surface area contributed by atoms with Crippen LogP contribution in [0, 0.1) is 6.92 Å². The Bertz CT molecular complexity index is 229. The van der Waals surface area contributed by atoms with E-state index in [1.165, 1.54) is 0 Å². The first-order valence-corrected chi connectivity index (χ1v) is 3.85. The second kappa shape index (κ2) is 3.53. The van der Waals surface area contributed by atoms with Crippen molar-refractivity contribution in [3.8, 4) is 0 Å². The minimum Gasteiger partial charge on any atom is -0.370 e. The van der Waals surface area contributed by atoms with E-state index in [0.29, 0.717) is 5.28 Å². The van der Waals surface area contributed by atoms with Crippen LogP contribution in [0.15, 0.2) is 6.07 Å². The van der Waals surface area contributed by atoms with Crippen molar-refractivity contribution in [3.05, 3.63) is 17.0 Å². The van der Waals surface area contributed by atoms with Gasteiger partial charge in [0.25, 0.3) is 0 Å². The highest BCUT2D eigenvalue weighted by Gasteiger charge is 1.96. The summed E-state index contributed by atoms with van der Waals surface area (Å²) >= 11 is 5.62. The maximum Gasteiger partial charge on any atom is 0.224 e. The SMILES string of the molecule is CCNc1cc(C)nc(Cl)n1. The molecule has 1 aromatic rings. The number of halogens is 1. The van der Waals surface area contributed by atoms with Crippen LogP contribution in [0.2, 0.25) is 5.28 Å². The fourth-order valence-electron chi connectivity index (χ4n) is 0.804. The van der Waals surface area contributed by atoms with Crippen LogP contribution in [0.3, 0.4) is 0 Å². The van der Waals surface area contributed by atoms with Crippen molar-refractivity contribution in [2.75, 3.05) is 11.9 Å². The number of aryl methyl sites for hydroxylation is 1. The highest BCUT2D eigenvalue weighted by molar-refractivity contribution is 6.28. The maximum atomic E-state index is 5.62. The molecule has 0 fully saturated rings. The molecule has 0 radical (unpaired) electrons. The molecule has 11 heavy (non-hydrogen) atoms. The van der Waals surface area contributed by atoms with Crippen LogP contribution in [0.25, 0.3) is 0 Å².